The molecule has 1 heterocycles. The summed E-state index contributed by atoms with van der Waals surface area (Å²) in [7, 11) is 0. The van der Waals surface area contributed by atoms with Crippen LogP contribution < -0.4 is 9.64 Å². The van der Waals surface area contributed by atoms with Crippen molar-refractivity contribution in [3.8, 4) is 5.75 Å². The first-order valence-corrected chi connectivity index (χ1v) is 6.88. The molecule has 0 aliphatic carbocycles. The van der Waals surface area contributed by atoms with Crippen molar-refractivity contribution in [3.63, 3.8) is 0 Å². The van der Waals surface area contributed by atoms with E-state index in [1.54, 1.807) is 4.90 Å². The monoisotopic (exact) mass is 248 g/mol. The van der Waals surface area contributed by atoms with Crippen molar-refractivity contribution in [1.29, 1.82) is 0 Å². The number of hydrogen-bond donors (Lipinski definition) is 1. The number of carbonyl (C=O) groups excluding carboxylic acids is 1. The number of carbonyl (C=O) groups is 1. The number of benzene rings is 1. The number of ether oxygens (including phenoxy) is 1. The molecule has 0 radical (unpaired) electrons. The molecule has 0 amide bonds. The van der Waals surface area contributed by atoms with Gasteiger partial charge in [0, 0.05) is 11.1 Å². The molecule has 0 spiro atoms. The van der Waals surface area contributed by atoms with Crippen LogP contribution in [0, 0.1) is 0 Å². The number of likely N-dealkylation sites (tertiary alicyclic amines) is 1. The maximum atomic E-state index is 10.9. The van der Waals surface area contributed by atoms with Crippen LogP contribution in [0.2, 0.25) is 0 Å². The maximum Gasteiger partial charge on any atom is 0.150 e. The first-order chi connectivity index (χ1) is 8.83. The predicted molar refractivity (Wildman–Crippen MR) is 71.3 cm³/mol. The van der Waals surface area contributed by atoms with Crippen molar-refractivity contribution in [3.05, 3.63) is 29.3 Å². The lowest BCUT2D eigenvalue weighted by Crippen LogP contribution is -3.11. The molecule has 1 aromatic carbocycles. The van der Waals surface area contributed by atoms with E-state index in [9.17, 15) is 4.79 Å². The van der Waals surface area contributed by atoms with Gasteiger partial charge in [-0.15, -0.1) is 0 Å². The standard InChI is InChI=1S/C15H21NO2/c1-2-18-15-7-6-13(12-17)10-14(15)11-16-8-4-3-5-9-16/h6-7,10,12H,2-5,8-9,11H2,1H3/p+1. The average molecular weight is 248 g/mol. The van der Waals surface area contributed by atoms with Gasteiger partial charge in [-0.2, -0.15) is 0 Å². The summed E-state index contributed by atoms with van der Waals surface area (Å²) in [5.74, 6) is 0.932. The summed E-state index contributed by atoms with van der Waals surface area (Å²) in [6, 6.07) is 5.72. The molecule has 0 saturated carbocycles. The minimum atomic E-state index is 0.669. The van der Waals surface area contributed by atoms with E-state index in [1.807, 2.05) is 25.1 Å². The molecule has 1 aliphatic heterocycles. The second-order valence-corrected chi connectivity index (χ2v) is 4.91. The average Bonchev–Trinajstić information content (AvgIpc) is 2.42. The van der Waals surface area contributed by atoms with Crippen molar-refractivity contribution in [1.82, 2.24) is 0 Å². The number of rotatable bonds is 5. The quantitative estimate of drug-likeness (QED) is 0.800. The van der Waals surface area contributed by atoms with Gasteiger partial charge in [0.15, 0.2) is 0 Å². The van der Waals surface area contributed by atoms with Gasteiger partial charge in [-0.3, -0.25) is 4.79 Å². The minimum Gasteiger partial charge on any atom is -0.493 e. The number of nitrogens with one attached hydrogen (secondary N) is 1. The maximum absolute atomic E-state index is 10.9. The lowest BCUT2D eigenvalue weighted by molar-refractivity contribution is -0.918. The highest BCUT2D eigenvalue weighted by atomic mass is 16.5. The predicted octanol–water partition coefficient (Wildman–Crippen LogP) is 1.47. The van der Waals surface area contributed by atoms with Crippen molar-refractivity contribution in [2.45, 2.75) is 32.7 Å². The Morgan fingerprint density at radius 1 is 1.28 bits per heavy atom. The van der Waals surface area contributed by atoms with Crippen molar-refractivity contribution in [2.24, 2.45) is 0 Å². The van der Waals surface area contributed by atoms with Crippen LogP contribution in [0.1, 0.15) is 42.1 Å². The largest absolute Gasteiger partial charge is 0.493 e. The Balaban J connectivity index is 2.14. The normalized spacial score (nSPS) is 16.5. The van der Waals surface area contributed by atoms with Gasteiger partial charge in [-0.25, -0.2) is 0 Å². The van der Waals surface area contributed by atoms with E-state index in [0.29, 0.717) is 6.61 Å². The van der Waals surface area contributed by atoms with Gasteiger partial charge < -0.3 is 9.64 Å². The highest BCUT2D eigenvalue weighted by Crippen LogP contribution is 2.19. The van der Waals surface area contributed by atoms with E-state index in [-0.39, 0.29) is 0 Å². The number of hydrogen-bond acceptors (Lipinski definition) is 2. The van der Waals surface area contributed by atoms with Gasteiger partial charge in [0.25, 0.3) is 0 Å². The lowest BCUT2D eigenvalue weighted by atomic mass is 10.1. The molecule has 1 saturated heterocycles. The molecular formula is C15H22NO2+. The molecule has 3 heteroatoms. The van der Waals surface area contributed by atoms with Crippen LogP contribution in [0.4, 0.5) is 0 Å². The molecule has 0 aromatic heterocycles. The summed E-state index contributed by atoms with van der Waals surface area (Å²) >= 11 is 0. The Bertz CT molecular complexity index is 397. The minimum absolute atomic E-state index is 0.669. The van der Waals surface area contributed by atoms with Crippen LogP contribution in [-0.4, -0.2) is 26.0 Å². The first-order valence-electron chi connectivity index (χ1n) is 6.88. The third-order valence-electron chi connectivity index (χ3n) is 3.52. The smallest absolute Gasteiger partial charge is 0.150 e. The fourth-order valence-corrected chi connectivity index (χ4v) is 2.61. The molecule has 1 aliphatic rings. The number of aldehydes is 1. The SMILES string of the molecule is CCOc1ccc(C=O)cc1C[NH+]1CCCCC1. The molecule has 0 unspecified atom stereocenters. The lowest BCUT2D eigenvalue weighted by Gasteiger charge is -2.24. The molecule has 0 bridgehead atoms. The Morgan fingerprint density at radius 3 is 2.72 bits per heavy atom. The van der Waals surface area contributed by atoms with Crippen LogP contribution >= 0.6 is 0 Å². The summed E-state index contributed by atoms with van der Waals surface area (Å²) in [4.78, 5) is 12.5. The van der Waals surface area contributed by atoms with E-state index in [1.165, 1.54) is 37.9 Å². The summed E-state index contributed by atoms with van der Waals surface area (Å²) in [5.41, 5.74) is 1.91. The van der Waals surface area contributed by atoms with E-state index < -0.39 is 0 Å². The van der Waals surface area contributed by atoms with Crippen molar-refractivity contribution in [2.75, 3.05) is 19.7 Å². The van der Waals surface area contributed by atoms with Crippen LogP contribution in [0.15, 0.2) is 18.2 Å². The van der Waals surface area contributed by atoms with E-state index in [2.05, 4.69) is 0 Å². The van der Waals surface area contributed by atoms with Crippen molar-refractivity contribution >= 4 is 6.29 Å². The van der Waals surface area contributed by atoms with Crippen LogP contribution in [0.25, 0.3) is 0 Å². The van der Waals surface area contributed by atoms with Gasteiger partial charge in [-0.05, 0) is 44.4 Å². The number of piperidine rings is 1. The van der Waals surface area contributed by atoms with E-state index in [4.69, 9.17) is 4.74 Å². The molecule has 0 atom stereocenters. The summed E-state index contributed by atoms with van der Waals surface area (Å²) in [6.45, 7) is 6.10. The molecule has 18 heavy (non-hydrogen) atoms. The van der Waals surface area contributed by atoms with Gasteiger partial charge in [0.1, 0.15) is 18.6 Å². The zero-order valence-electron chi connectivity index (χ0n) is 11.1. The molecule has 98 valence electrons. The Kier molecular flexibility index (Phi) is 4.76. The van der Waals surface area contributed by atoms with Crippen LogP contribution in [0.3, 0.4) is 0 Å². The zero-order chi connectivity index (χ0) is 12.8. The first kappa shape index (κ1) is 13.1. The highest BCUT2D eigenvalue weighted by molar-refractivity contribution is 5.75. The molecule has 2 rings (SSSR count). The second kappa shape index (κ2) is 6.55. The van der Waals surface area contributed by atoms with Crippen LogP contribution in [0.5, 0.6) is 5.75 Å². The van der Waals surface area contributed by atoms with Gasteiger partial charge in [-0.1, -0.05) is 0 Å². The van der Waals surface area contributed by atoms with Gasteiger partial charge in [0.05, 0.1) is 19.7 Å². The third-order valence-corrected chi connectivity index (χ3v) is 3.52. The molecule has 1 aromatic rings. The summed E-state index contributed by atoms with van der Waals surface area (Å²) < 4.78 is 5.65. The highest BCUT2D eigenvalue weighted by Gasteiger charge is 2.16. The fraction of sp³-hybridized carbons (Fsp3) is 0.533. The Hall–Kier alpha value is -1.35. The molecule has 3 nitrogen and oxygen atoms in total. The topological polar surface area (TPSA) is 30.7 Å². The third kappa shape index (κ3) is 3.33. The fourth-order valence-electron chi connectivity index (χ4n) is 2.61. The summed E-state index contributed by atoms with van der Waals surface area (Å²) in [5, 5.41) is 0. The Morgan fingerprint density at radius 2 is 2.06 bits per heavy atom. The van der Waals surface area contributed by atoms with Gasteiger partial charge >= 0.3 is 0 Å². The Labute approximate surface area is 109 Å². The van der Waals surface area contributed by atoms with E-state index in [0.717, 1.165) is 24.1 Å². The second-order valence-electron chi connectivity index (χ2n) is 4.91. The molecule has 1 fully saturated rings. The number of quaternary nitrogens is 1. The zero-order valence-corrected chi connectivity index (χ0v) is 11.1. The van der Waals surface area contributed by atoms with Crippen molar-refractivity contribution < 1.29 is 14.4 Å². The molecule has 1 N–H and O–H groups in total. The summed E-state index contributed by atoms with van der Waals surface area (Å²) in [6.07, 6.45) is 4.89. The van der Waals surface area contributed by atoms with E-state index >= 15 is 0 Å². The van der Waals surface area contributed by atoms with Gasteiger partial charge in [0.2, 0.25) is 0 Å². The molecular weight excluding hydrogens is 226 g/mol. The van der Waals surface area contributed by atoms with Crippen LogP contribution in [-0.2, 0) is 6.54 Å².